The van der Waals surface area contributed by atoms with E-state index in [1.54, 1.807) is 30.4 Å². The van der Waals surface area contributed by atoms with Gasteiger partial charge in [-0.15, -0.1) is 0 Å². The smallest absolute Gasteiger partial charge is 0.122 e. The Morgan fingerprint density at radius 2 is 1.70 bits per heavy atom. The highest BCUT2D eigenvalue weighted by Crippen LogP contribution is 2.27. The Hall–Kier alpha value is -3.04. The number of aromatic hydroxyl groups is 1. The van der Waals surface area contributed by atoms with Gasteiger partial charge in [0.2, 0.25) is 0 Å². The summed E-state index contributed by atoms with van der Waals surface area (Å²) in [6.07, 6.45) is 3.74. The van der Waals surface area contributed by atoms with E-state index < -0.39 is 0 Å². The van der Waals surface area contributed by atoms with Gasteiger partial charge in [0, 0.05) is 5.56 Å². The summed E-state index contributed by atoms with van der Waals surface area (Å²) < 4.78 is 0. The van der Waals surface area contributed by atoms with Crippen molar-refractivity contribution in [1.29, 1.82) is 10.5 Å². The molecule has 0 saturated carbocycles. The molecule has 0 heterocycles. The van der Waals surface area contributed by atoms with Crippen LogP contribution in [0.2, 0.25) is 0 Å². The standard InChI is InChI=1S/C17H12N2O/c18-10-2-1-3-16-11-15(8-9-17(16)20)14-6-4-13(12-19)5-7-14/h1,3-9,11,20H,2H2/b3-1+. The SMILES string of the molecule is N#CC/C=C/c1cc(-c2ccc(C#N)cc2)ccc1O. The maximum absolute atomic E-state index is 9.79. The Balaban J connectivity index is 2.35. The molecule has 0 spiro atoms. The molecule has 0 saturated heterocycles. The second kappa shape index (κ2) is 6.22. The molecule has 20 heavy (non-hydrogen) atoms. The van der Waals surface area contributed by atoms with E-state index in [0.717, 1.165) is 11.1 Å². The van der Waals surface area contributed by atoms with Crippen molar-refractivity contribution in [1.82, 2.24) is 0 Å². The highest BCUT2D eigenvalue weighted by molar-refractivity contribution is 5.70. The Bertz CT molecular complexity index is 716. The number of phenolic OH excluding ortho intramolecular Hbond substituents is 1. The van der Waals surface area contributed by atoms with Gasteiger partial charge in [-0.3, -0.25) is 0 Å². The molecule has 0 radical (unpaired) electrons. The van der Waals surface area contributed by atoms with Gasteiger partial charge < -0.3 is 5.11 Å². The van der Waals surface area contributed by atoms with Crippen LogP contribution >= 0.6 is 0 Å². The maximum atomic E-state index is 9.79. The summed E-state index contributed by atoms with van der Waals surface area (Å²) in [4.78, 5) is 0. The van der Waals surface area contributed by atoms with Crippen molar-refractivity contribution in [3.8, 4) is 29.0 Å². The molecule has 1 N–H and O–H groups in total. The zero-order valence-corrected chi connectivity index (χ0v) is 10.7. The minimum Gasteiger partial charge on any atom is -0.507 e. The molecule has 0 fully saturated rings. The summed E-state index contributed by atoms with van der Waals surface area (Å²) in [6.45, 7) is 0. The molecule has 2 rings (SSSR count). The first-order chi connectivity index (χ1) is 9.74. The Kier molecular flexibility index (Phi) is 4.17. The molecule has 0 aliphatic carbocycles. The summed E-state index contributed by atoms with van der Waals surface area (Å²) in [5.74, 6) is 0.177. The molecular formula is C17H12N2O. The van der Waals surface area contributed by atoms with Crippen molar-refractivity contribution in [3.05, 3.63) is 59.7 Å². The van der Waals surface area contributed by atoms with Crippen molar-refractivity contribution < 1.29 is 5.11 Å². The largest absolute Gasteiger partial charge is 0.507 e. The van der Waals surface area contributed by atoms with Gasteiger partial charge in [-0.25, -0.2) is 0 Å². The van der Waals surface area contributed by atoms with Gasteiger partial charge in [0.1, 0.15) is 5.75 Å². The highest BCUT2D eigenvalue weighted by Gasteiger charge is 2.02. The predicted molar refractivity (Wildman–Crippen MR) is 77.5 cm³/mol. The molecule has 2 aromatic rings. The number of nitriles is 2. The average molecular weight is 260 g/mol. The van der Waals surface area contributed by atoms with E-state index in [-0.39, 0.29) is 5.75 Å². The Labute approximate surface area is 117 Å². The van der Waals surface area contributed by atoms with Gasteiger partial charge in [-0.1, -0.05) is 30.4 Å². The van der Waals surface area contributed by atoms with Crippen LogP contribution in [0.15, 0.2) is 48.5 Å². The lowest BCUT2D eigenvalue weighted by atomic mass is 10.0. The topological polar surface area (TPSA) is 67.8 Å². The third-order valence-corrected chi connectivity index (χ3v) is 2.88. The summed E-state index contributed by atoms with van der Waals surface area (Å²) in [7, 11) is 0. The molecule has 0 atom stereocenters. The van der Waals surface area contributed by atoms with Crippen LogP contribution in [0.3, 0.4) is 0 Å². The van der Waals surface area contributed by atoms with Crippen LogP contribution in [0.1, 0.15) is 17.5 Å². The zero-order chi connectivity index (χ0) is 14.4. The van der Waals surface area contributed by atoms with E-state index >= 15 is 0 Å². The minimum absolute atomic E-state index is 0.177. The van der Waals surface area contributed by atoms with Crippen molar-refractivity contribution in [2.45, 2.75) is 6.42 Å². The van der Waals surface area contributed by atoms with Gasteiger partial charge in [0.25, 0.3) is 0 Å². The molecule has 3 heteroatoms. The quantitative estimate of drug-likeness (QED) is 0.911. The van der Waals surface area contributed by atoms with Crippen LogP contribution in [-0.4, -0.2) is 5.11 Å². The first-order valence-electron chi connectivity index (χ1n) is 6.11. The zero-order valence-electron chi connectivity index (χ0n) is 10.7. The first-order valence-corrected chi connectivity index (χ1v) is 6.11. The number of benzene rings is 2. The molecule has 0 aromatic heterocycles. The number of phenols is 1. The summed E-state index contributed by atoms with van der Waals surface area (Å²) in [5, 5.41) is 27.1. The lowest BCUT2D eigenvalue weighted by molar-refractivity contribution is 0.474. The second-order valence-corrected chi connectivity index (χ2v) is 4.23. The normalized spacial score (nSPS) is 10.1. The molecule has 3 nitrogen and oxygen atoms in total. The van der Waals surface area contributed by atoms with Crippen molar-refractivity contribution >= 4 is 6.08 Å². The number of allylic oxidation sites excluding steroid dienone is 1. The third kappa shape index (κ3) is 3.04. The van der Waals surface area contributed by atoms with E-state index in [1.807, 2.05) is 30.3 Å². The molecule has 0 aliphatic rings. The highest BCUT2D eigenvalue weighted by atomic mass is 16.3. The lowest BCUT2D eigenvalue weighted by Crippen LogP contribution is -1.82. The first kappa shape index (κ1) is 13.4. The van der Waals surface area contributed by atoms with Gasteiger partial charge in [-0.05, 0) is 35.4 Å². The van der Waals surface area contributed by atoms with E-state index in [2.05, 4.69) is 6.07 Å². The fourth-order valence-electron chi connectivity index (χ4n) is 1.84. The average Bonchev–Trinajstić information content (AvgIpc) is 2.49. The Morgan fingerprint density at radius 1 is 1.00 bits per heavy atom. The molecule has 0 bridgehead atoms. The van der Waals surface area contributed by atoms with Gasteiger partial charge in [0.05, 0.1) is 24.1 Å². The number of nitrogens with zero attached hydrogens (tertiary/aromatic N) is 2. The van der Waals surface area contributed by atoms with Crippen molar-refractivity contribution in [2.24, 2.45) is 0 Å². The van der Waals surface area contributed by atoms with Crippen LogP contribution < -0.4 is 0 Å². The summed E-state index contributed by atoms with van der Waals surface area (Å²) >= 11 is 0. The molecule has 0 unspecified atom stereocenters. The molecular weight excluding hydrogens is 248 g/mol. The summed E-state index contributed by atoms with van der Waals surface area (Å²) in [6, 6.07) is 16.6. The second-order valence-electron chi connectivity index (χ2n) is 4.23. The van der Waals surface area contributed by atoms with Gasteiger partial charge in [-0.2, -0.15) is 10.5 Å². The predicted octanol–water partition coefficient (Wildman–Crippen LogP) is 3.86. The lowest BCUT2D eigenvalue weighted by Gasteiger charge is -2.05. The van der Waals surface area contributed by atoms with Crippen molar-refractivity contribution in [3.63, 3.8) is 0 Å². The van der Waals surface area contributed by atoms with Crippen LogP contribution in [-0.2, 0) is 0 Å². The fourth-order valence-corrected chi connectivity index (χ4v) is 1.84. The number of rotatable bonds is 3. The number of hydrogen-bond donors (Lipinski definition) is 1. The van der Waals surface area contributed by atoms with E-state index in [1.165, 1.54) is 0 Å². The Morgan fingerprint density at radius 3 is 2.35 bits per heavy atom. The molecule has 0 aliphatic heterocycles. The minimum atomic E-state index is 0.177. The van der Waals surface area contributed by atoms with Crippen molar-refractivity contribution in [2.75, 3.05) is 0 Å². The van der Waals surface area contributed by atoms with E-state index in [4.69, 9.17) is 10.5 Å². The van der Waals surface area contributed by atoms with E-state index in [0.29, 0.717) is 17.5 Å². The van der Waals surface area contributed by atoms with E-state index in [9.17, 15) is 5.11 Å². The fraction of sp³-hybridized carbons (Fsp3) is 0.0588. The van der Waals surface area contributed by atoms with Crippen LogP contribution in [0.25, 0.3) is 17.2 Å². The maximum Gasteiger partial charge on any atom is 0.122 e. The monoisotopic (exact) mass is 260 g/mol. The van der Waals surface area contributed by atoms with Gasteiger partial charge >= 0.3 is 0 Å². The van der Waals surface area contributed by atoms with Crippen LogP contribution in [0, 0.1) is 22.7 Å². The third-order valence-electron chi connectivity index (χ3n) is 2.88. The molecule has 96 valence electrons. The molecule has 0 amide bonds. The summed E-state index contributed by atoms with van der Waals surface area (Å²) in [5.41, 5.74) is 3.20. The van der Waals surface area contributed by atoms with Crippen LogP contribution in [0.4, 0.5) is 0 Å². The van der Waals surface area contributed by atoms with Crippen LogP contribution in [0.5, 0.6) is 5.75 Å². The van der Waals surface area contributed by atoms with Gasteiger partial charge in [0.15, 0.2) is 0 Å². The number of hydrogen-bond acceptors (Lipinski definition) is 3. The molecule has 2 aromatic carbocycles.